The van der Waals surface area contributed by atoms with Crippen molar-refractivity contribution in [3.8, 4) is 5.75 Å². The number of hydrogen-bond donors (Lipinski definition) is 3. The Kier molecular flexibility index (Phi) is 8.10. The summed E-state index contributed by atoms with van der Waals surface area (Å²) in [5.41, 5.74) is 1.56. The first-order valence-electron chi connectivity index (χ1n) is 11.7. The molecule has 4 rings (SSSR count). The molecular weight excluding hydrogens is 488 g/mol. The third-order valence-electron chi connectivity index (χ3n) is 5.59. The molecule has 0 saturated heterocycles. The van der Waals surface area contributed by atoms with Gasteiger partial charge >= 0.3 is 5.97 Å². The molecule has 4 aromatic carbocycles. The first kappa shape index (κ1) is 25.8. The molecule has 0 aliphatic rings. The number of hydrogen-bond acceptors (Lipinski definition) is 5. The molecule has 0 bridgehead atoms. The van der Waals surface area contributed by atoms with Crippen molar-refractivity contribution in [3.05, 3.63) is 96.1 Å². The van der Waals surface area contributed by atoms with Crippen LogP contribution in [0.3, 0.4) is 0 Å². The highest BCUT2D eigenvalue weighted by molar-refractivity contribution is 8.00. The zero-order valence-corrected chi connectivity index (χ0v) is 21.2. The maximum absolute atomic E-state index is 13.1. The van der Waals surface area contributed by atoms with E-state index in [1.165, 1.54) is 17.8 Å². The molecule has 8 heteroatoms. The Morgan fingerprint density at radius 3 is 2.22 bits per heavy atom. The second-order valence-electron chi connectivity index (χ2n) is 8.20. The van der Waals surface area contributed by atoms with Crippen molar-refractivity contribution in [2.75, 3.05) is 17.2 Å². The van der Waals surface area contributed by atoms with Crippen LogP contribution in [0.4, 0.5) is 11.4 Å². The van der Waals surface area contributed by atoms with Gasteiger partial charge in [0.1, 0.15) is 5.75 Å². The first-order valence-corrected chi connectivity index (χ1v) is 12.6. The number of aromatic carboxylic acids is 1. The van der Waals surface area contributed by atoms with Gasteiger partial charge in [-0.2, -0.15) is 0 Å². The quantitative estimate of drug-likeness (QED) is 0.226. The van der Waals surface area contributed by atoms with Gasteiger partial charge in [0.25, 0.3) is 5.91 Å². The maximum atomic E-state index is 13.1. The lowest BCUT2D eigenvalue weighted by Crippen LogP contribution is -2.22. The predicted molar refractivity (Wildman–Crippen MR) is 147 cm³/mol. The van der Waals surface area contributed by atoms with Crippen LogP contribution in [0, 0.1) is 0 Å². The van der Waals surface area contributed by atoms with Crippen LogP contribution in [-0.2, 0) is 4.79 Å². The van der Waals surface area contributed by atoms with E-state index in [9.17, 15) is 19.5 Å². The van der Waals surface area contributed by atoms with Crippen molar-refractivity contribution in [3.63, 3.8) is 0 Å². The molecule has 3 N–H and O–H groups in total. The number of anilines is 2. The minimum absolute atomic E-state index is 0.0694. The van der Waals surface area contributed by atoms with E-state index in [4.69, 9.17) is 4.74 Å². The highest BCUT2D eigenvalue weighted by atomic mass is 32.2. The number of carboxylic acid groups (broad SMARTS) is 1. The Labute approximate surface area is 218 Å². The van der Waals surface area contributed by atoms with E-state index in [2.05, 4.69) is 10.6 Å². The summed E-state index contributed by atoms with van der Waals surface area (Å²) in [5, 5.41) is 16.0. The van der Waals surface area contributed by atoms with Crippen molar-refractivity contribution in [1.29, 1.82) is 0 Å². The minimum Gasteiger partial charge on any atom is -0.494 e. The molecule has 4 aromatic rings. The predicted octanol–water partition coefficient (Wildman–Crippen LogP) is 6.31. The van der Waals surface area contributed by atoms with Gasteiger partial charge in [-0.05, 0) is 73.8 Å². The summed E-state index contributed by atoms with van der Waals surface area (Å²) in [5.74, 6) is -0.922. The van der Waals surface area contributed by atoms with Crippen molar-refractivity contribution in [1.82, 2.24) is 0 Å². The molecule has 0 spiro atoms. The average molecular weight is 515 g/mol. The number of carboxylic acids is 1. The Bertz CT molecular complexity index is 1450. The van der Waals surface area contributed by atoms with Crippen molar-refractivity contribution < 1.29 is 24.2 Å². The smallest absolute Gasteiger partial charge is 0.336 e. The lowest BCUT2D eigenvalue weighted by atomic mass is 9.98. The fourth-order valence-corrected chi connectivity index (χ4v) is 4.78. The Hall–Kier alpha value is -4.30. The number of fused-ring (bicyclic) bond motifs is 1. The summed E-state index contributed by atoms with van der Waals surface area (Å²) in [6.45, 7) is 4.29. The standard InChI is InChI=1S/C29H26N2O5S/c1-3-36-22-15-13-20(14-16-22)30-27(32)18(2)37-23-10-6-9-21(17-23)31-28(33)24-11-4-7-19-8-5-12-25(26(19)24)29(34)35/h4-18H,3H2,1-2H3,(H,30,32)(H,31,33)(H,34,35). The molecule has 0 saturated carbocycles. The summed E-state index contributed by atoms with van der Waals surface area (Å²) in [4.78, 5) is 38.4. The molecule has 0 aliphatic carbocycles. The molecule has 1 unspecified atom stereocenters. The molecular formula is C29H26N2O5S. The Morgan fingerprint density at radius 2 is 1.54 bits per heavy atom. The highest BCUT2D eigenvalue weighted by Crippen LogP contribution is 2.28. The normalized spacial score (nSPS) is 11.5. The fourth-order valence-electron chi connectivity index (χ4n) is 3.86. The molecule has 7 nitrogen and oxygen atoms in total. The van der Waals surface area contributed by atoms with Gasteiger partial charge in [-0.3, -0.25) is 9.59 Å². The van der Waals surface area contributed by atoms with E-state index in [1.807, 2.05) is 19.9 Å². The van der Waals surface area contributed by atoms with Crippen LogP contribution in [0.15, 0.2) is 89.8 Å². The number of thioether (sulfide) groups is 1. The number of nitrogens with one attached hydrogen (secondary N) is 2. The summed E-state index contributed by atoms with van der Waals surface area (Å²) in [7, 11) is 0. The van der Waals surface area contributed by atoms with Gasteiger partial charge in [-0.15, -0.1) is 11.8 Å². The largest absolute Gasteiger partial charge is 0.494 e. The number of amides is 2. The van der Waals surface area contributed by atoms with Gasteiger partial charge < -0.3 is 20.5 Å². The van der Waals surface area contributed by atoms with Gasteiger partial charge in [0.15, 0.2) is 0 Å². The van der Waals surface area contributed by atoms with Crippen LogP contribution in [0.25, 0.3) is 10.8 Å². The fraction of sp³-hybridized carbons (Fsp3) is 0.138. The molecule has 0 radical (unpaired) electrons. The molecule has 0 aliphatic heterocycles. The minimum atomic E-state index is -1.10. The van der Waals surface area contributed by atoms with Crippen LogP contribution < -0.4 is 15.4 Å². The second-order valence-corrected chi connectivity index (χ2v) is 9.62. The van der Waals surface area contributed by atoms with Crippen LogP contribution in [0.5, 0.6) is 5.75 Å². The number of rotatable bonds is 9. The number of benzene rings is 4. The summed E-state index contributed by atoms with van der Waals surface area (Å²) in [6, 6.07) is 24.4. The van der Waals surface area contributed by atoms with E-state index in [0.717, 1.165) is 10.6 Å². The Morgan fingerprint density at radius 1 is 0.865 bits per heavy atom. The van der Waals surface area contributed by atoms with E-state index >= 15 is 0 Å². The van der Waals surface area contributed by atoms with Gasteiger partial charge in [-0.25, -0.2) is 4.79 Å². The van der Waals surface area contributed by atoms with E-state index in [-0.39, 0.29) is 17.0 Å². The molecule has 0 fully saturated rings. The summed E-state index contributed by atoms with van der Waals surface area (Å²) in [6.07, 6.45) is 0. The third kappa shape index (κ3) is 6.29. The highest BCUT2D eigenvalue weighted by Gasteiger charge is 2.18. The van der Waals surface area contributed by atoms with Crippen molar-refractivity contribution in [2.45, 2.75) is 24.0 Å². The SMILES string of the molecule is CCOc1ccc(NC(=O)C(C)Sc2cccc(NC(=O)c3cccc4cccc(C(=O)O)c34)c2)cc1. The van der Waals surface area contributed by atoms with E-state index in [1.54, 1.807) is 72.8 Å². The molecule has 1 atom stereocenters. The summed E-state index contributed by atoms with van der Waals surface area (Å²) >= 11 is 1.36. The molecule has 0 aromatic heterocycles. The van der Waals surface area contributed by atoms with Gasteiger partial charge in [-0.1, -0.05) is 30.3 Å². The number of carbonyl (C=O) groups is 3. The third-order valence-corrected chi connectivity index (χ3v) is 6.68. The molecule has 2 amide bonds. The monoisotopic (exact) mass is 514 g/mol. The van der Waals surface area contributed by atoms with Crippen LogP contribution in [0.2, 0.25) is 0 Å². The zero-order valence-electron chi connectivity index (χ0n) is 20.4. The summed E-state index contributed by atoms with van der Waals surface area (Å²) < 4.78 is 5.42. The lowest BCUT2D eigenvalue weighted by Gasteiger charge is -2.14. The maximum Gasteiger partial charge on any atom is 0.336 e. The van der Waals surface area contributed by atoms with Crippen molar-refractivity contribution in [2.24, 2.45) is 0 Å². The number of carbonyl (C=O) groups excluding carboxylic acids is 2. The average Bonchev–Trinajstić information content (AvgIpc) is 2.89. The van der Waals surface area contributed by atoms with Gasteiger partial charge in [0.2, 0.25) is 5.91 Å². The van der Waals surface area contributed by atoms with Gasteiger partial charge in [0, 0.05) is 27.2 Å². The van der Waals surface area contributed by atoms with E-state index in [0.29, 0.717) is 28.8 Å². The molecule has 188 valence electrons. The second kappa shape index (κ2) is 11.6. The van der Waals surface area contributed by atoms with Crippen molar-refractivity contribution >= 4 is 51.7 Å². The molecule has 0 heterocycles. The topological polar surface area (TPSA) is 105 Å². The van der Waals surface area contributed by atoms with Crippen LogP contribution >= 0.6 is 11.8 Å². The zero-order chi connectivity index (χ0) is 26.4. The van der Waals surface area contributed by atoms with Crippen LogP contribution in [-0.4, -0.2) is 34.7 Å². The first-order chi connectivity index (χ1) is 17.9. The van der Waals surface area contributed by atoms with Gasteiger partial charge in [0.05, 0.1) is 17.4 Å². The van der Waals surface area contributed by atoms with E-state index < -0.39 is 17.1 Å². The lowest BCUT2D eigenvalue weighted by molar-refractivity contribution is -0.115. The number of ether oxygens (including phenoxy) is 1. The Balaban J connectivity index is 1.45. The van der Waals surface area contributed by atoms with Crippen LogP contribution in [0.1, 0.15) is 34.6 Å². The molecule has 37 heavy (non-hydrogen) atoms.